The molecule has 0 amide bonds. The molecule has 0 atom stereocenters. The highest BCUT2D eigenvalue weighted by Gasteiger charge is 2.08. The van der Waals surface area contributed by atoms with Crippen molar-refractivity contribution in [2.75, 3.05) is 7.11 Å². The standard InChI is InChI=1S/C15H11NO4/c1-18-12-6-8-14(9-7-12)20-15(17)19-13-4-2-11(10-16)3-5-13/h2-9H,1H3. The van der Waals surface area contributed by atoms with Crippen LogP contribution in [0.3, 0.4) is 0 Å². The Hall–Kier alpha value is -3.00. The van der Waals surface area contributed by atoms with E-state index in [1.54, 1.807) is 43.5 Å². The SMILES string of the molecule is COc1ccc(OC(=O)Oc2ccc(C#N)cc2)cc1. The van der Waals surface area contributed by atoms with E-state index in [0.717, 1.165) is 0 Å². The molecule has 0 spiro atoms. The van der Waals surface area contributed by atoms with Gasteiger partial charge in [0.1, 0.15) is 17.2 Å². The van der Waals surface area contributed by atoms with Gasteiger partial charge < -0.3 is 14.2 Å². The van der Waals surface area contributed by atoms with Gasteiger partial charge in [0.2, 0.25) is 0 Å². The van der Waals surface area contributed by atoms with Gasteiger partial charge in [0.15, 0.2) is 0 Å². The first kappa shape index (κ1) is 13.4. The fraction of sp³-hybridized carbons (Fsp3) is 0.0667. The highest BCUT2D eigenvalue weighted by Crippen LogP contribution is 2.18. The lowest BCUT2D eigenvalue weighted by Gasteiger charge is -2.06. The van der Waals surface area contributed by atoms with Crippen molar-refractivity contribution in [2.24, 2.45) is 0 Å². The molecule has 0 aliphatic carbocycles. The summed E-state index contributed by atoms with van der Waals surface area (Å²) in [5.41, 5.74) is 0.487. The Balaban J connectivity index is 1.95. The first-order valence-electron chi connectivity index (χ1n) is 5.75. The molecular weight excluding hydrogens is 258 g/mol. The van der Waals surface area contributed by atoms with E-state index < -0.39 is 6.16 Å². The number of carbonyl (C=O) groups excluding carboxylic acids is 1. The Bertz CT molecular complexity index is 626. The van der Waals surface area contributed by atoms with Crippen LogP contribution >= 0.6 is 0 Å². The smallest absolute Gasteiger partial charge is 0.497 e. The monoisotopic (exact) mass is 269 g/mol. The van der Waals surface area contributed by atoms with Gasteiger partial charge in [-0.05, 0) is 48.5 Å². The summed E-state index contributed by atoms with van der Waals surface area (Å²) in [6, 6.07) is 14.7. The molecule has 0 aliphatic heterocycles. The van der Waals surface area contributed by atoms with Gasteiger partial charge in [0.05, 0.1) is 18.7 Å². The second kappa shape index (κ2) is 6.25. The van der Waals surface area contributed by atoms with E-state index in [1.165, 1.54) is 12.1 Å². The predicted molar refractivity (Wildman–Crippen MR) is 70.8 cm³/mol. The van der Waals surface area contributed by atoms with Gasteiger partial charge in [0.25, 0.3) is 0 Å². The largest absolute Gasteiger partial charge is 0.519 e. The number of ether oxygens (including phenoxy) is 3. The third-order valence-corrected chi connectivity index (χ3v) is 2.45. The number of nitrogens with zero attached hydrogens (tertiary/aromatic N) is 1. The van der Waals surface area contributed by atoms with Crippen LogP contribution in [0.4, 0.5) is 4.79 Å². The molecule has 5 nitrogen and oxygen atoms in total. The average Bonchev–Trinajstić information content (AvgIpc) is 2.49. The highest BCUT2D eigenvalue weighted by atomic mass is 16.7. The van der Waals surface area contributed by atoms with Crippen molar-refractivity contribution < 1.29 is 19.0 Å². The molecule has 100 valence electrons. The van der Waals surface area contributed by atoms with Crippen molar-refractivity contribution in [1.82, 2.24) is 0 Å². The van der Waals surface area contributed by atoms with E-state index in [4.69, 9.17) is 19.5 Å². The summed E-state index contributed by atoms with van der Waals surface area (Å²) in [7, 11) is 1.55. The van der Waals surface area contributed by atoms with Gasteiger partial charge in [-0.25, -0.2) is 4.79 Å². The fourth-order valence-corrected chi connectivity index (χ4v) is 1.45. The van der Waals surface area contributed by atoms with Crippen LogP contribution in [0.5, 0.6) is 17.2 Å². The van der Waals surface area contributed by atoms with Crippen molar-refractivity contribution in [3.63, 3.8) is 0 Å². The summed E-state index contributed by atoms with van der Waals surface area (Å²) in [4.78, 5) is 11.6. The second-order valence-electron chi connectivity index (χ2n) is 3.77. The lowest BCUT2D eigenvalue weighted by atomic mass is 10.2. The molecule has 5 heteroatoms. The molecule has 0 aromatic heterocycles. The van der Waals surface area contributed by atoms with Gasteiger partial charge >= 0.3 is 6.16 Å². The Kier molecular flexibility index (Phi) is 4.20. The zero-order chi connectivity index (χ0) is 14.4. The maximum absolute atomic E-state index is 11.6. The van der Waals surface area contributed by atoms with Crippen molar-refractivity contribution in [2.45, 2.75) is 0 Å². The van der Waals surface area contributed by atoms with Crippen LogP contribution in [0.15, 0.2) is 48.5 Å². The van der Waals surface area contributed by atoms with Crippen LogP contribution in [0.25, 0.3) is 0 Å². The average molecular weight is 269 g/mol. The highest BCUT2D eigenvalue weighted by molar-refractivity contribution is 5.67. The van der Waals surface area contributed by atoms with E-state index in [2.05, 4.69) is 0 Å². The van der Waals surface area contributed by atoms with Gasteiger partial charge in [-0.15, -0.1) is 0 Å². The number of hydrogen-bond acceptors (Lipinski definition) is 5. The maximum atomic E-state index is 11.6. The minimum Gasteiger partial charge on any atom is -0.497 e. The van der Waals surface area contributed by atoms with Crippen molar-refractivity contribution in [3.05, 3.63) is 54.1 Å². The Morgan fingerprint density at radius 2 is 1.35 bits per heavy atom. The van der Waals surface area contributed by atoms with Crippen LogP contribution in [0.1, 0.15) is 5.56 Å². The fourth-order valence-electron chi connectivity index (χ4n) is 1.45. The van der Waals surface area contributed by atoms with Crippen LogP contribution < -0.4 is 14.2 Å². The first-order chi connectivity index (χ1) is 9.71. The lowest BCUT2D eigenvalue weighted by Crippen LogP contribution is -2.13. The molecule has 20 heavy (non-hydrogen) atoms. The van der Waals surface area contributed by atoms with E-state index in [0.29, 0.717) is 22.8 Å². The minimum atomic E-state index is -0.847. The summed E-state index contributed by atoms with van der Waals surface area (Å²) >= 11 is 0. The van der Waals surface area contributed by atoms with Gasteiger partial charge in [-0.1, -0.05) is 0 Å². The van der Waals surface area contributed by atoms with E-state index in [-0.39, 0.29) is 0 Å². The summed E-state index contributed by atoms with van der Waals surface area (Å²) in [5, 5.41) is 8.66. The zero-order valence-electron chi connectivity index (χ0n) is 10.7. The first-order valence-corrected chi connectivity index (χ1v) is 5.75. The molecular formula is C15H11NO4. The number of carbonyl (C=O) groups is 1. The third-order valence-electron chi connectivity index (χ3n) is 2.45. The molecule has 0 aliphatic rings. The summed E-state index contributed by atoms with van der Waals surface area (Å²) < 4.78 is 15.0. The topological polar surface area (TPSA) is 68.6 Å². The molecule has 0 bridgehead atoms. The van der Waals surface area contributed by atoms with Crippen LogP contribution in [0, 0.1) is 11.3 Å². The molecule has 0 unspecified atom stereocenters. The lowest BCUT2D eigenvalue weighted by molar-refractivity contribution is 0.152. The van der Waals surface area contributed by atoms with Crippen molar-refractivity contribution >= 4 is 6.16 Å². The van der Waals surface area contributed by atoms with Crippen LogP contribution in [-0.4, -0.2) is 13.3 Å². The molecule has 0 radical (unpaired) electrons. The zero-order valence-corrected chi connectivity index (χ0v) is 10.7. The van der Waals surface area contributed by atoms with E-state index in [1.807, 2.05) is 6.07 Å². The Morgan fingerprint density at radius 1 is 0.900 bits per heavy atom. The summed E-state index contributed by atoms with van der Waals surface area (Å²) in [6.07, 6.45) is -0.847. The summed E-state index contributed by atoms with van der Waals surface area (Å²) in [5.74, 6) is 1.32. The van der Waals surface area contributed by atoms with Crippen LogP contribution in [-0.2, 0) is 0 Å². The van der Waals surface area contributed by atoms with Crippen LogP contribution in [0.2, 0.25) is 0 Å². The molecule has 2 aromatic rings. The molecule has 0 saturated heterocycles. The normalized spacial score (nSPS) is 9.40. The van der Waals surface area contributed by atoms with E-state index in [9.17, 15) is 4.79 Å². The molecule has 0 N–H and O–H groups in total. The summed E-state index contributed by atoms with van der Waals surface area (Å²) in [6.45, 7) is 0. The number of hydrogen-bond donors (Lipinski definition) is 0. The number of benzene rings is 2. The Labute approximate surface area is 115 Å². The third kappa shape index (κ3) is 3.50. The quantitative estimate of drug-likeness (QED) is 0.632. The molecule has 2 rings (SSSR count). The predicted octanol–water partition coefficient (Wildman–Crippen LogP) is 3.14. The van der Waals surface area contributed by atoms with E-state index >= 15 is 0 Å². The van der Waals surface area contributed by atoms with Crippen molar-refractivity contribution in [1.29, 1.82) is 5.26 Å². The molecule has 2 aromatic carbocycles. The van der Waals surface area contributed by atoms with Gasteiger partial charge in [-0.2, -0.15) is 5.26 Å². The number of rotatable bonds is 3. The second-order valence-corrected chi connectivity index (χ2v) is 3.77. The molecule has 0 fully saturated rings. The van der Waals surface area contributed by atoms with Gasteiger partial charge in [0, 0.05) is 0 Å². The number of nitriles is 1. The maximum Gasteiger partial charge on any atom is 0.519 e. The number of methoxy groups -OCH3 is 1. The van der Waals surface area contributed by atoms with Crippen molar-refractivity contribution in [3.8, 4) is 23.3 Å². The molecule has 0 saturated carbocycles. The van der Waals surface area contributed by atoms with Gasteiger partial charge in [-0.3, -0.25) is 0 Å². The Morgan fingerprint density at radius 3 is 1.80 bits per heavy atom. The molecule has 0 heterocycles. The minimum absolute atomic E-state index is 0.308.